The van der Waals surface area contributed by atoms with Crippen LogP contribution in [0.4, 0.5) is 0 Å². The lowest BCUT2D eigenvalue weighted by atomic mass is 9.48. The molecule has 2 saturated heterocycles. The van der Waals surface area contributed by atoms with Gasteiger partial charge in [-0.15, -0.1) is 0 Å². The number of carbonyl (C=O) groups is 5. The van der Waals surface area contributed by atoms with Crippen LogP contribution in [0.2, 0.25) is 0 Å². The molecule has 0 aromatic carbocycles. The van der Waals surface area contributed by atoms with E-state index in [0.29, 0.717) is 12.8 Å². The maximum absolute atomic E-state index is 14.2. The van der Waals surface area contributed by atoms with Gasteiger partial charge in [-0.25, -0.2) is 0 Å². The quantitative estimate of drug-likeness (QED) is 0.449. The molecule has 7 rings (SSSR count). The summed E-state index contributed by atoms with van der Waals surface area (Å²) in [7, 11) is 0. The van der Waals surface area contributed by atoms with Crippen LogP contribution in [0.5, 0.6) is 0 Å². The summed E-state index contributed by atoms with van der Waals surface area (Å²) in [6, 6.07) is 0. The molecule has 2 heterocycles. The van der Waals surface area contributed by atoms with E-state index in [4.69, 9.17) is 9.47 Å². The Hall–Kier alpha value is -2.05. The Morgan fingerprint density at radius 1 is 0.621 bits per heavy atom. The highest BCUT2D eigenvalue weighted by Gasteiger charge is 2.76. The van der Waals surface area contributed by atoms with Crippen molar-refractivity contribution in [3.05, 3.63) is 0 Å². The molecule has 0 amide bonds. The average molecular weight is 398 g/mol. The van der Waals surface area contributed by atoms with E-state index in [2.05, 4.69) is 0 Å². The number of Topliss-reactive ketones (excluding diaryl/α,β-unsaturated/α-hetero) is 1. The fourth-order valence-electron chi connectivity index (χ4n) is 9.43. The van der Waals surface area contributed by atoms with E-state index in [1.807, 2.05) is 0 Å². The molecule has 0 N–H and O–H groups in total. The highest BCUT2D eigenvalue weighted by Crippen LogP contribution is 2.73. The Morgan fingerprint density at radius 3 is 1.48 bits per heavy atom. The van der Waals surface area contributed by atoms with E-state index < -0.39 is 46.5 Å². The van der Waals surface area contributed by atoms with Crippen molar-refractivity contribution in [3.8, 4) is 0 Å². The topological polar surface area (TPSA) is 104 Å². The summed E-state index contributed by atoms with van der Waals surface area (Å²) in [6.45, 7) is 0. The van der Waals surface area contributed by atoms with Crippen LogP contribution >= 0.6 is 0 Å². The maximum atomic E-state index is 14.2. The lowest BCUT2D eigenvalue weighted by Gasteiger charge is -2.52. The van der Waals surface area contributed by atoms with E-state index >= 15 is 0 Å². The molecular weight excluding hydrogens is 376 g/mol. The van der Waals surface area contributed by atoms with Gasteiger partial charge in [0.1, 0.15) is 5.78 Å². The monoisotopic (exact) mass is 398 g/mol. The van der Waals surface area contributed by atoms with Gasteiger partial charge in [-0.3, -0.25) is 24.0 Å². The van der Waals surface area contributed by atoms with Gasteiger partial charge in [-0.1, -0.05) is 6.42 Å². The molecule has 2 spiro atoms. The number of fused-ring (bicyclic) bond motifs is 12. The van der Waals surface area contributed by atoms with Gasteiger partial charge in [0.2, 0.25) is 0 Å². The van der Waals surface area contributed by atoms with Crippen LogP contribution in [0.1, 0.15) is 44.9 Å². The average Bonchev–Trinajstić information content (AvgIpc) is 3.46. The Kier molecular flexibility index (Phi) is 2.77. The van der Waals surface area contributed by atoms with Gasteiger partial charge in [0.25, 0.3) is 0 Å². The molecule has 10 unspecified atom stereocenters. The number of ether oxygens (including phenoxy) is 2. The molecule has 0 aromatic rings. The highest BCUT2D eigenvalue weighted by atomic mass is 16.6. The Labute approximate surface area is 166 Å². The van der Waals surface area contributed by atoms with Crippen molar-refractivity contribution in [2.24, 2.45) is 58.2 Å². The molecule has 2 aliphatic heterocycles. The predicted octanol–water partition coefficient (Wildman–Crippen LogP) is 1.42. The van der Waals surface area contributed by atoms with Crippen LogP contribution in [0.25, 0.3) is 0 Å². The highest BCUT2D eigenvalue weighted by molar-refractivity contribution is 6.02. The zero-order valence-corrected chi connectivity index (χ0v) is 15.9. The molecule has 0 aromatic heterocycles. The van der Waals surface area contributed by atoms with Crippen molar-refractivity contribution < 1.29 is 33.4 Å². The third-order valence-corrected chi connectivity index (χ3v) is 10.1. The van der Waals surface area contributed by atoms with Gasteiger partial charge in [-0.2, -0.15) is 0 Å². The van der Waals surface area contributed by atoms with Gasteiger partial charge < -0.3 is 9.47 Å². The van der Waals surface area contributed by atoms with Crippen molar-refractivity contribution in [2.75, 3.05) is 0 Å². The van der Waals surface area contributed by atoms with Gasteiger partial charge in [0.05, 0.1) is 23.7 Å². The Balaban J connectivity index is 1.28. The number of carbonyl (C=O) groups excluding carboxylic acids is 5. The summed E-state index contributed by atoms with van der Waals surface area (Å²) in [5.74, 6) is -3.30. The first kappa shape index (κ1) is 16.7. The van der Waals surface area contributed by atoms with Crippen LogP contribution < -0.4 is 0 Å². The third kappa shape index (κ3) is 1.62. The van der Waals surface area contributed by atoms with Gasteiger partial charge in [-0.05, 0) is 62.2 Å². The summed E-state index contributed by atoms with van der Waals surface area (Å²) in [5.41, 5.74) is -1.14. The molecule has 5 aliphatic carbocycles. The second-order valence-corrected chi connectivity index (χ2v) is 10.7. The van der Waals surface area contributed by atoms with Crippen molar-refractivity contribution in [1.82, 2.24) is 0 Å². The molecule has 7 heteroatoms. The van der Waals surface area contributed by atoms with Crippen molar-refractivity contribution >= 4 is 29.7 Å². The fraction of sp³-hybridized carbons (Fsp3) is 0.773. The van der Waals surface area contributed by atoms with Gasteiger partial charge in [0, 0.05) is 10.8 Å². The Bertz CT molecular complexity index is 865. The number of hydrogen-bond donors (Lipinski definition) is 0. The molecule has 152 valence electrons. The second kappa shape index (κ2) is 4.81. The number of rotatable bonds is 0. The Morgan fingerprint density at radius 2 is 1.03 bits per heavy atom. The standard InChI is InChI=1S/C22H22O7/c23-16-12-8-4-10(14(12)18(25)28-16)21(6-8)2-1-3-22(20(21)27)7-9-5-11(22)15-13(9)17(24)29-19(15)26/h8-15H,1-7H2. The zero-order chi connectivity index (χ0) is 19.9. The number of hydrogen-bond acceptors (Lipinski definition) is 7. The normalized spacial score (nSPS) is 56.5. The first-order chi connectivity index (χ1) is 13.9. The third-order valence-electron chi connectivity index (χ3n) is 10.1. The molecule has 10 atom stereocenters. The van der Waals surface area contributed by atoms with Crippen LogP contribution in [0.15, 0.2) is 0 Å². The fourth-order valence-corrected chi connectivity index (χ4v) is 9.43. The number of ketones is 1. The molecule has 0 radical (unpaired) electrons. The van der Waals surface area contributed by atoms with Gasteiger partial charge in [0.15, 0.2) is 0 Å². The van der Waals surface area contributed by atoms with E-state index in [0.717, 1.165) is 32.1 Å². The lowest BCUT2D eigenvalue weighted by molar-refractivity contribution is -0.160. The minimum absolute atomic E-state index is 0.0485. The minimum Gasteiger partial charge on any atom is -0.393 e. The summed E-state index contributed by atoms with van der Waals surface area (Å²) in [6.07, 6.45) is 5.23. The largest absolute Gasteiger partial charge is 0.393 e. The predicted molar refractivity (Wildman–Crippen MR) is 92.3 cm³/mol. The summed E-state index contributed by atoms with van der Waals surface area (Å²) in [5, 5.41) is 0. The summed E-state index contributed by atoms with van der Waals surface area (Å²) >= 11 is 0. The van der Waals surface area contributed by atoms with Crippen molar-refractivity contribution in [1.29, 1.82) is 0 Å². The van der Waals surface area contributed by atoms with Crippen LogP contribution in [-0.2, 0) is 33.4 Å². The van der Waals surface area contributed by atoms with E-state index in [-0.39, 0.29) is 41.3 Å². The van der Waals surface area contributed by atoms with Crippen LogP contribution in [0, 0.1) is 58.2 Å². The smallest absolute Gasteiger partial charge is 0.317 e. The van der Waals surface area contributed by atoms with Gasteiger partial charge >= 0.3 is 23.9 Å². The molecule has 7 nitrogen and oxygen atoms in total. The number of esters is 4. The van der Waals surface area contributed by atoms with Crippen LogP contribution in [0.3, 0.4) is 0 Å². The first-order valence-electron chi connectivity index (χ1n) is 10.9. The molecule has 5 saturated carbocycles. The SMILES string of the molecule is O=C1OC(=O)C2C1C1CC2C2(CCCC3(CC4CC3C3C(=O)OC(=O)C43)C2=O)C1. The first-order valence-corrected chi connectivity index (χ1v) is 10.9. The van der Waals surface area contributed by atoms with Crippen LogP contribution in [-0.4, -0.2) is 29.7 Å². The lowest BCUT2D eigenvalue weighted by Crippen LogP contribution is -2.56. The van der Waals surface area contributed by atoms with E-state index in [9.17, 15) is 24.0 Å². The van der Waals surface area contributed by atoms with Crippen molar-refractivity contribution in [3.63, 3.8) is 0 Å². The molecule has 7 fully saturated rings. The van der Waals surface area contributed by atoms with E-state index in [1.165, 1.54) is 0 Å². The molecular formula is C22H22O7. The second-order valence-electron chi connectivity index (χ2n) is 10.7. The summed E-state index contributed by atoms with van der Waals surface area (Å²) in [4.78, 5) is 63.3. The summed E-state index contributed by atoms with van der Waals surface area (Å²) < 4.78 is 9.88. The zero-order valence-electron chi connectivity index (χ0n) is 15.9. The molecule has 4 bridgehead atoms. The van der Waals surface area contributed by atoms with Crippen molar-refractivity contribution in [2.45, 2.75) is 44.9 Å². The molecule has 7 aliphatic rings. The van der Waals surface area contributed by atoms with E-state index in [1.54, 1.807) is 0 Å². The number of cyclic esters (lactones) is 4. The maximum Gasteiger partial charge on any atom is 0.317 e. The molecule has 29 heavy (non-hydrogen) atoms. The minimum atomic E-state index is -0.569.